The molecule has 0 rings (SSSR count). The molecule has 0 radical (unpaired) electrons. The van der Waals surface area contributed by atoms with Crippen LogP contribution in [0.25, 0.3) is 0 Å². The van der Waals surface area contributed by atoms with E-state index in [2.05, 4.69) is 34.6 Å². The first-order chi connectivity index (χ1) is 35.3. The molecule has 72 heavy (non-hydrogen) atoms. The summed E-state index contributed by atoms with van der Waals surface area (Å²) in [5.74, 6) is 0.911. The summed E-state index contributed by atoms with van der Waals surface area (Å²) >= 11 is 0. The van der Waals surface area contributed by atoms with Crippen LogP contribution in [0, 0.1) is 11.8 Å². The summed E-state index contributed by atoms with van der Waals surface area (Å²) in [7, 11) is 0. The van der Waals surface area contributed by atoms with Crippen LogP contribution in [0.15, 0.2) is 0 Å². The molecule has 1 unspecified atom stereocenters. The zero-order valence-electron chi connectivity index (χ0n) is 49.6. The van der Waals surface area contributed by atoms with Gasteiger partial charge in [-0.1, -0.05) is 336 Å². The van der Waals surface area contributed by atoms with Crippen molar-refractivity contribution < 1.29 is 28.6 Å². The number of carbonyl (C=O) groups excluding carboxylic acids is 3. The van der Waals surface area contributed by atoms with Crippen LogP contribution in [0.2, 0.25) is 0 Å². The molecule has 428 valence electrons. The third-order valence-electron chi connectivity index (χ3n) is 15.6. The molecule has 0 saturated carbocycles. The lowest BCUT2D eigenvalue weighted by atomic mass is 9.99. The van der Waals surface area contributed by atoms with Crippen molar-refractivity contribution in [2.24, 2.45) is 11.8 Å². The molecule has 0 aliphatic carbocycles. The number of esters is 3. The molecule has 6 heteroatoms. The smallest absolute Gasteiger partial charge is 0.306 e. The van der Waals surface area contributed by atoms with E-state index in [0.717, 1.165) is 69.6 Å². The van der Waals surface area contributed by atoms with Crippen molar-refractivity contribution in [3.05, 3.63) is 0 Å². The van der Waals surface area contributed by atoms with Gasteiger partial charge in [0, 0.05) is 19.3 Å². The molecule has 0 aliphatic heterocycles. The standard InChI is InChI=1S/C66H128O6/c1-6-8-9-10-11-12-13-14-15-16-17-18-19-28-33-38-43-48-53-58-66(69)72-63(59-70-64(67)56-51-46-41-36-31-26-22-20-24-29-34-39-44-49-54-61(3)4)60-71-65(68)57-52-47-42-37-32-27-23-21-25-30-35-40-45-50-55-62(5)7-2/h61-63H,6-60H2,1-5H3/t62?,63-/m1/s1. The molecule has 0 aliphatic rings. The Labute approximate surface area is 450 Å². The van der Waals surface area contributed by atoms with Crippen LogP contribution in [0.5, 0.6) is 0 Å². The second kappa shape index (κ2) is 58.7. The van der Waals surface area contributed by atoms with Crippen LogP contribution < -0.4 is 0 Å². The molecule has 0 heterocycles. The summed E-state index contributed by atoms with van der Waals surface area (Å²) in [5, 5.41) is 0. The molecular weight excluding hydrogens is 889 g/mol. The lowest BCUT2D eigenvalue weighted by Gasteiger charge is -2.18. The van der Waals surface area contributed by atoms with Crippen LogP contribution in [0.4, 0.5) is 0 Å². The molecule has 6 nitrogen and oxygen atoms in total. The molecule has 0 fully saturated rings. The number of unbranched alkanes of at least 4 members (excludes halogenated alkanes) is 44. The van der Waals surface area contributed by atoms with E-state index in [9.17, 15) is 14.4 Å². The Kier molecular flexibility index (Phi) is 57.4. The normalized spacial score (nSPS) is 12.4. The first-order valence-electron chi connectivity index (χ1n) is 32.8. The van der Waals surface area contributed by atoms with Crippen LogP contribution in [0.1, 0.15) is 375 Å². The fourth-order valence-corrected chi connectivity index (χ4v) is 10.3. The van der Waals surface area contributed by atoms with E-state index >= 15 is 0 Å². The van der Waals surface area contributed by atoms with Crippen molar-refractivity contribution in [1.29, 1.82) is 0 Å². The van der Waals surface area contributed by atoms with Crippen LogP contribution in [-0.4, -0.2) is 37.2 Å². The maximum absolute atomic E-state index is 12.9. The van der Waals surface area contributed by atoms with E-state index < -0.39 is 6.10 Å². The first kappa shape index (κ1) is 70.4. The average molecular weight is 1020 g/mol. The monoisotopic (exact) mass is 1020 g/mol. The minimum absolute atomic E-state index is 0.0618. The Morgan fingerprint density at radius 2 is 0.528 bits per heavy atom. The summed E-state index contributed by atoms with van der Waals surface area (Å²) in [5.41, 5.74) is 0. The zero-order valence-corrected chi connectivity index (χ0v) is 49.6. The summed E-state index contributed by atoms with van der Waals surface area (Å²) in [6, 6.07) is 0. The summed E-state index contributed by atoms with van der Waals surface area (Å²) in [4.78, 5) is 38.4. The minimum Gasteiger partial charge on any atom is -0.462 e. The van der Waals surface area contributed by atoms with Crippen LogP contribution >= 0.6 is 0 Å². The highest BCUT2D eigenvalue weighted by Gasteiger charge is 2.19. The van der Waals surface area contributed by atoms with E-state index in [0.29, 0.717) is 19.3 Å². The second-order valence-corrected chi connectivity index (χ2v) is 23.5. The largest absolute Gasteiger partial charge is 0.462 e. The van der Waals surface area contributed by atoms with Gasteiger partial charge in [0.25, 0.3) is 0 Å². The number of hydrogen-bond acceptors (Lipinski definition) is 6. The SMILES string of the molecule is CCCCCCCCCCCCCCCCCCCCCC(=O)O[C@H](COC(=O)CCCCCCCCCCCCCCCCC(C)C)COC(=O)CCCCCCCCCCCCCCCCC(C)CC. The van der Waals surface area contributed by atoms with Crippen LogP contribution in [0.3, 0.4) is 0 Å². The summed E-state index contributed by atoms with van der Waals surface area (Å²) < 4.78 is 17.0. The van der Waals surface area contributed by atoms with Crippen molar-refractivity contribution in [1.82, 2.24) is 0 Å². The third kappa shape index (κ3) is 57.7. The Morgan fingerprint density at radius 3 is 0.792 bits per heavy atom. The minimum atomic E-state index is -0.764. The second-order valence-electron chi connectivity index (χ2n) is 23.5. The zero-order chi connectivity index (χ0) is 52.5. The Hall–Kier alpha value is -1.59. The number of hydrogen-bond donors (Lipinski definition) is 0. The molecule has 0 saturated heterocycles. The van der Waals surface area contributed by atoms with Gasteiger partial charge in [-0.2, -0.15) is 0 Å². The summed E-state index contributed by atoms with van der Waals surface area (Å²) in [6.45, 7) is 11.5. The highest BCUT2D eigenvalue weighted by atomic mass is 16.6. The van der Waals surface area contributed by atoms with Gasteiger partial charge in [0.05, 0.1) is 0 Å². The topological polar surface area (TPSA) is 78.9 Å². The maximum Gasteiger partial charge on any atom is 0.306 e. The van der Waals surface area contributed by atoms with Gasteiger partial charge >= 0.3 is 17.9 Å². The Morgan fingerprint density at radius 1 is 0.292 bits per heavy atom. The quantitative estimate of drug-likeness (QED) is 0.0343. The molecule has 0 aromatic carbocycles. The predicted octanol–water partition coefficient (Wildman–Crippen LogP) is 22.0. The number of ether oxygens (including phenoxy) is 3. The lowest BCUT2D eigenvalue weighted by molar-refractivity contribution is -0.167. The van der Waals surface area contributed by atoms with E-state index in [1.54, 1.807) is 0 Å². The van der Waals surface area contributed by atoms with Gasteiger partial charge in [-0.25, -0.2) is 0 Å². The van der Waals surface area contributed by atoms with Gasteiger partial charge < -0.3 is 14.2 Å². The average Bonchev–Trinajstić information content (AvgIpc) is 3.37. The highest BCUT2D eigenvalue weighted by molar-refractivity contribution is 5.71. The molecule has 0 aromatic rings. The van der Waals surface area contributed by atoms with E-state index in [4.69, 9.17) is 14.2 Å². The van der Waals surface area contributed by atoms with Gasteiger partial charge in [-0.05, 0) is 31.1 Å². The van der Waals surface area contributed by atoms with E-state index in [1.165, 1.54) is 263 Å². The summed E-state index contributed by atoms with van der Waals surface area (Å²) in [6.07, 6.45) is 65.3. The fraction of sp³-hybridized carbons (Fsp3) is 0.955. The van der Waals surface area contributed by atoms with Crippen molar-refractivity contribution in [2.45, 2.75) is 381 Å². The Bertz CT molecular complexity index is 1110. The van der Waals surface area contributed by atoms with Gasteiger partial charge in [0.1, 0.15) is 13.2 Å². The number of carbonyl (C=O) groups is 3. The molecule has 0 spiro atoms. The number of rotatable bonds is 60. The molecule has 0 bridgehead atoms. The van der Waals surface area contributed by atoms with Gasteiger partial charge in [0.2, 0.25) is 0 Å². The lowest BCUT2D eigenvalue weighted by Crippen LogP contribution is -2.30. The predicted molar refractivity (Wildman–Crippen MR) is 312 cm³/mol. The highest BCUT2D eigenvalue weighted by Crippen LogP contribution is 2.19. The van der Waals surface area contributed by atoms with Gasteiger partial charge in [-0.3, -0.25) is 14.4 Å². The molecule has 2 atom stereocenters. The molecule has 0 aromatic heterocycles. The van der Waals surface area contributed by atoms with Crippen molar-refractivity contribution in [3.8, 4) is 0 Å². The van der Waals surface area contributed by atoms with Crippen molar-refractivity contribution in [3.63, 3.8) is 0 Å². The first-order valence-corrected chi connectivity index (χ1v) is 32.8. The third-order valence-corrected chi connectivity index (χ3v) is 15.6. The fourth-order valence-electron chi connectivity index (χ4n) is 10.3. The van der Waals surface area contributed by atoms with E-state index in [-0.39, 0.29) is 31.1 Å². The van der Waals surface area contributed by atoms with E-state index in [1.807, 2.05) is 0 Å². The maximum atomic E-state index is 12.9. The van der Waals surface area contributed by atoms with Crippen molar-refractivity contribution >= 4 is 17.9 Å². The Balaban J connectivity index is 4.29. The van der Waals surface area contributed by atoms with Crippen LogP contribution in [-0.2, 0) is 28.6 Å². The molecular formula is C66H128O6. The van der Waals surface area contributed by atoms with Gasteiger partial charge in [0.15, 0.2) is 6.10 Å². The molecule has 0 amide bonds. The molecule has 0 N–H and O–H groups in total. The van der Waals surface area contributed by atoms with Gasteiger partial charge in [-0.15, -0.1) is 0 Å². The van der Waals surface area contributed by atoms with Crippen molar-refractivity contribution in [2.75, 3.05) is 13.2 Å².